The number of ether oxygens (including phenoxy) is 1. The summed E-state index contributed by atoms with van der Waals surface area (Å²) in [7, 11) is 0. The maximum Gasteiger partial charge on any atom is 0.407 e. The molecule has 0 saturated carbocycles. The van der Waals surface area contributed by atoms with E-state index in [1.165, 1.54) is 4.90 Å². The van der Waals surface area contributed by atoms with Gasteiger partial charge in [-0.15, -0.1) is 0 Å². The van der Waals surface area contributed by atoms with Crippen molar-refractivity contribution < 1.29 is 23.8 Å². The number of hydrogen-bond acceptors (Lipinski definition) is 6. The lowest BCUT2D eigenvalue weighted by Crippen LogP contribution is -2.40. The summed E-state index contributed by atoms with van der Waals surface area (Å²) in [6.45, 7) is 0.743. The van der Waals surface area contributed by atoms with Crippen LogP contribution in [-0.2, 0) is 9.53 Å². The van der Waals surface area contributed by atoms with E-state index < -0.39 is 6.09 Å². The second-order valence-electron chi connectivity index (χ2n) is 7.68. The Bertz CT molecular complexity index is 1160. The Morgan fingerprint density at radius 1 is 1.24 bits per heavy atom. The van der Waals surface area contributed by atoms with Gasteiger partial charge in [0.05, 0.1) is 9.84 Å². The number of fused-ring (bicyclic) bond motifs is 1. The van der Waals surface area contributed by atoms with Crippen LogP contribution in [-0.4, -0.2) is 52.8 Å². The molecule has 0 radical (unpaired) electrons. The second-order valence-corrected chi connectivity index (χ2v) is 10.7. The molecule has 9 nitrogen and oxygen atoms in total. The average Bonchev–Trinajstić information content (AvgIpc) is 3.21. The predicted octanol–water partition coefficient (Wildman–Crippen LogP) is 4.96. The first kappa shape index (κ1) is 23.5. The fraction of sp³-hybridized carbons (Fsp3) is 0.318. The Kier molecular flexibility index (Phi) is 7.20. The van der Waals surface area contributed by atoms with Crippen molar-refractivity contribution in [3.63, 3.8) is 0 Å². The van der Waals surface area contributed by atoms with Gasteiger partial charge in [-0.05, 0) is 49.2 Å². The molecule has 3 aromatic rings. The van der Waals surface area contributed by atoms with E-state index in [-0.39, 0.29) is 22.4 Å². The van der Waals surface area contributed by atoms with Crippen LogP contribution >= 0.6 is 31.9 Å². The molecule has 2 amide bonds. The van der Waals surface area contributed by atoms with Crippen LogP contribution in [0.1, 0.15) is 22.1 Å². The lowest BCUT2D eigenvalue weighted by Gasteiger charge is -2.29. The van der Waals surface area contributed by atoms with Gasteiger partial charge in [-0.3, -0.25) is 4.79 Å². The van der Waals surface area contributed by atoms with Gasteiger partial charge in [-0.2, -0.15) is 0 Å². The Hall–Kier alpha value is -2.63. The van der Waals surface area contributed by atoms with Crippen molar-refractivity contribution in [3.8, 4) is 11.5 Å². The topological polar surface area (TPSA) is 131 Å². The van der Waals surface area contributed by atoms with Gasteiger partial charge < -0.3 is 30.2 Å². The molecule has 0 spiro atoms. The number of amides is 2. The number of nitrogens with one attached hydrogen (secondary N) is 1. The van der Waals surface area contributed by atoms with E-state index in [0.29, 0.717) is 54.3 Å². The first-order valence-corrected chi connectivity index (χ1v) is 12.1. The first-order valence-electron chi connectivity index (χ1n) is 10.3. The number of nitrogen functional groups attached to an aromatic ring is 1. The van der Waals surface area contributed by atoms with E-state index >= 15 is 0 Å². The third-order valence-electron chi connectivity index (χ3n) is 5.35. The van der Waals surface area contributed by atoms with Gasteiger partial charge in [0.2, 0.25) is 11.8 Å². The third kappa shape index (κ3) is 5.66. The summed E-state index contributed by atoms with van der Waals surface area (Å²) in [6, 6.07) is 10.7. The summed E-state index contributed by atoms with van der Waals surface area (Å²) in [6.07, 6.45) is 0.117. The zero-order valence-electron chi connectivity index (χ0n) is 17.5. The largest absolute Gasteiger partial charge is 0.465 e. The number of carboxylic acid groups (broad SMARTS) is 1. The van der Waals surface area contributed by atoms with Crippen LogP contribution in [0.2, 0.25) is 0 Å². The summed E-state index contributed by atoms with van der Waals surface area (Å²) in [5, 5.41) is 11.8. The zero-order valence-corrected chi connectivity index (χ0v) is 20.6. The number of rotatable bonds is 6. The predicted molar refractivity (Wildman–Crippen MR) is 132 cm³/mol. The standard InChI is InChI=1S/C22H22Br2N4O5/c23-20(24)16-9-13(25)10-17-19(16)33-21(27-17)12-1-3-14(4-2-12)26-18(29)11-32-15-5-7-28(8-6-15)22(30)31/h1-4,9-10,15,20H,5-8,11,25H2,(H,26,29)(H,30,31). The molecule has 0 bridgehead atoms. The third-order valence-corrected chi connectivity index (χ3v) is 6.34. The van der Waals surface area contributed by atoms with Crippen LogP contribution in [0.3, 0.4) is 0 Å². The molecule has 0 atom stereocenters. The molecule has 0 aliphatic carbocycles. The van der Waals surface area contributed by atoms with Crippen LogP contribution in [0.4, 0.5) is 16.2 Å². The Labute approximate surface area is 206 Å². The molecular weight excluding hydrogens is 560 g/mol. The number of nitrogens with zero attached hydrogens (tertiary/aromatic N) is 2. The number of oxazole rings is 1. The van der Waals surface area contributed by atoms with Gasteiger partial charge in [-0.1, -0.05) is 31.9 Å². The molecule has 1 fully saturated rings. The molecule has 2 aromatic carbocycles. The van der Waals surface area contributed by atoms with Gasteiger partial charge >= 0.3 is 6.09 Å². The number of anilines is 2. The SMILES string of the molecule is Nc1cc(C(Br)Br)c2oc(-c3ccc(NC(=O)COC4CCN(C(=O)O)CC4)cc3)nc2c1. The number of benzene rings is 2. The lowest BCUT2D eigenvalue weighted by atomic mass is 10.1. The summed E-state index contributed by atoms with van der Waals surface area (Å²) < 4.78 is 11.5. The number of piperidine rings is 1. The summed E-state index contributed by atoms with van der Waals surface area (Å²) in [4.78, 5) is 29.1. The van der Waals surface area contributed by atoms with Gasteiger partial charge in [0.15, 0.2) is 5.58 Å². The molecule has 11 heteroatoms. The van der Waals surface area contributed by atoms with Crippen molar-refractivity contribution in [1.82, 2.24) is 9.88 Å². The fourth-order valence-corrected chi connectivity index (χ4v) is 4.35. The first-order chi connectivity index (χ1) is 15.8. The number of aromatic nitrogens is 1. The second kappa shape index (κ2) is 10.1. The van der Waals surface area contributed by atoms with Gasteiger partial charge in [0.25, 0.3) is 0 Å². The van der Waals surface area contributed by atoms with E-state index in [1.54, 1.807) is 18.2 Å². The number of carbonyl (C=O) groups is 2. The molecule has 1 aromatic heterocycles. The van der Waals surface area contributed by atoms with Crippen molar-refractivity contribution >= 4 is 66.3 Å². The molecule has 2 heterocycles. The highest BCUT2D eigenvalue weighted by Crippen LogP contribution is 2.38. The molecule has 0 unspecified atom stereocenters. The monoisotopic (exact) mass is 580 g/mol. The summed E-state index contributed by atoms with van der Waals surface area (Å²) >= 11 is 6.96. The molecule has 1 saturated heterocycles. The average molecular weight is 582 g/mol. The molecule has 4 N–H and O–H groups in total. The Morgan fingerprint density at radius 3 is 2.58 bits per heavy atom. The maximum absolute atomic E-state index is 12.2. The van der Waals surface area contributed by atoms with Crippen molar-refractivity contribution in [1.29, 1.82) is 0 Å². The Balaban J connectivity index is 1.35. The number of carbonyl (C=O) groups excluding carboxylic acids is 1. The highest BCUT2D eigenvalue weighted by Gasteiger charge is 2.23. The number of likely N-dealkylation sites (tertiary alicyclic amines) is 1. The van der Waals surface area contributed by atoms with Crippen LogP contribution in [0.25, 0.3) is 22.6 Å². The minimum absolute atomic E-state index is 0.0882. The summed E-state index contributed by atoms with van der Waals surface area (Å²) in [5.74, 6) is 0.178. The minimum Gasteiger partial charge on any atom is -0.465 e. The van der Waals surface area contributed by atoms with Crippen LogP contribution in [0, 0.1) is 0 Å². The van der Waals surface area contributed by atoms with E-state index in [2.05, 4.69) is 42.2 Å². The van der Waals surface area contributed by atoms with Crippen LogP contribution < -0.4 is 11.1 Å². The zero-order chi connectivity index (χ0) is 23.5. The smallest absolute Gasteiger partial charge is 0.407 e. The molecule has 174 valence electrons. The summed E-state index contributed by atoms with van der Waals surface area (Å²) in [5.41, 5.74) is 10.1. The van der Waals surface area contributed by atoms with E-state index in [9.17, 15) is 9.59 Å². The lowest BCUT2D eigenvalue weighted by molar-refractivity contribution is -0.123. The highest BCUT2D eigenvalue weighted by atomic mass is 79.9. The van der Waals surface area contributed by atoms with Crippen molar-refractivity contribution in [2.75, 3.05) is 30.7 Å². The molecule has 1 aliphatic heterocycles. The van der Waals surface area contributed by atoms with E-state index in [4.69, 9.17) is 20.0 Å². The highest BCUT2D eigenvalue weighted by molar-refractivity contribution is 9.24. The normalized spacial score (nSPS) is 14.7. The molecule has 1 aliphatic rings. The Morgan fingerprint density at radius 2 is 1.94 bits per heavy atom. The number of nitrogens with two attached hydrogens (primary N) is 1. The van der Waals surface area contributed by atoms with E-state index in [1.807, 2.05) is 18.2 Å². The quantitative estimate of drug-likeness (QED) is 0.277. The number of hydrogen-bond donors (Lipinski definition) is 3. The van der Waals surface area contributed by atoms with Crippen molar-refractivity contribution in [3.05, 3.63) is 42.0 Å². The minimum atomic E-state index is -0.924. The van der Waals surface area contributed by atoms with Gasteiger partial charge in [0.1, 0.15) is 12.1 Å². The molecule has 4 rings (SSSR count). The molecular formula is C22H22Br2N4O5. The van der Waals surface area contributed by atoms with Gasteiger partial charge in [-0.25, -0.2) is 9.78 Å². The van der Waals surface area contributed by atoms with Crippen molar-refractivity contribution in [2.45, 2.75) is 22.7 Å². The van der Waals surface area contributed by atoms with Crippen LogP contribution in [0.5, 0.6) is 0 Å². The van der Waals surface area contributed by atoms with E-state index in [0.717, 1.165) is 11.1 Å². The number of halogens is 2. The van der Waals surface area contributed by atoms with Crippen molar-refractivity contribution in [2.24, 2.45) is 0 Å². The molecule has 33 heavy (non-hydrogen) atoms. The maximum atomic E-state index is 12.2. The number of alkyl halides is 2. The fourth-order valence-electron chi connectivity index (χ4n) is 3.67. The van der Waals surface area contributed by atoms with Crippen LogP contribution in [0.15, 0.2) is 40.8 Å². The van der Waals surface area contributed by atoms with Gasteiger partial charge in [0, 0.05) is 35.6 Å².